The van der Waals surface area contributed by atoms with Gasteiger partial charge in [0.25, 0.3) is 0 Å². The lowest BCUT2D eigenvalue weighted by atomic mass is 10.2. The fourth-order valence-corrected chi connectivity index (χ4v) is 1.76. The summed E-state index contributed by atoms with van der Waals surface area (Å²) in [5.74, 6) is -1.71. The normalized spacial score (nSPS) is 13.6. The highest BCUT2D eigenvalue weighted by atomic mass is 16.6. The minimum absolute atomic E-state index is 0.0686. The van der Waals surface area contributed by atoms with Gasteiger partial charge in [-0.1, -0.05) is 11.3 Å². The average molecular weight is 245 g/mol. The molecule has 1 aromatic carbocycles. The number of phenols is 1. The summed E-state index contributed by atoms with van der Waals surface area (Å²) in [6.45, 7) is 1.82. The summed E-state index contributed by atoms with van der Waals surface area (Å²) in [6, 6.07) is 4.81. The number of cyclic esters (lactones) is 2. The largest absolute Gasteiger partial charge is 0.506 e. The number of nitrogens with zero attached hydrogens (tertiary/aromatic N) is 3. The maximum absolute atomic E-state index is 11.5. The molecule has 1 N–H and O–H groups in total. The Morgan fingerprint density at radius 1 is 1.28 bits per heavy atom. The Labute approximate surface area is 101 Å². The second kappa shape index (κ2) is 3.39. The van der Waals surface area contributed by atoms with Crippen molar-refractivity contribution in [2.45, 2.75) is 6.92 Å². The number of fused-ring (bicyclic) bond motifs is 1. The van der Waals surface area contributed by atoms with Crippen molar-refractivity contribution in [1.29, 1.82) is 0 Å². The lowest BCUT2D eigenvalue weighted by Gasteiger charge is -2.06. The Kier molecular flexibility index (Phi) is 1.97. The molecule has 1 aliphatic heterocycles. The molecule has 0 saturated heterocycles. The number of benzene rings is 1. The summed E-state index contributed by atoms with van der Waals surface area (Å²) in [4.78, 5) is 22.8. The van der Waals surface area contributed by atoms with E-state index in [2.05, 4.69) is 15.0 Å². The Balaban J connectivity index is 2.26. The SMILES string of the molecule is Cc1ccc(O)c(-n2nnc3c2C(=O)OC3=O)c1. The van der Waals surface area contributed by atoms with E-state index in [1.54, 1.807) is 12.1 Å². The summed E-state index contributed by atoms with van der Waals surface area (Å²) in [5.41, 5.74) is 0.932. The number of aromatic nitrogens is 3. The maximum Gasteiger partial charge on any atom is 0.369 e. The molecule has 0 fully saturated rings. The third kappa shape index (κ3) is 1.30. The van der Waals surface area contributed by atoms with Crippen molar-refractivity contribution in [1.82, 2.24) is 15.0 Å². The molecule has 2 heterocycles. The molecular formula is C11H7N3O4. The smallest absolute Gasteiger partial charge is 0.369 e. The first kappa shape index (κ1) is 10.5. The summed E-state index contributed by atoms with van der Waals surface area (Å²) in [5, 5.41) is 17.0. The summed E-state index contributed by atoms with van der Waals surface area (Å²) in [6.07, 6.45) is 0. The van der Waals surface area contributed by atoms with Crippen LogP contribution in [0.1, 0.15) is 26.5 Å². The topological polar surface area (TPSA) is 94.3 Å². The van der Waals surface area contributed by atoms with Gasteiger partial charge in [0.05, 0.1) is 0 Å². The highest BCUT2D eigenvalue weighted by Crippen LogP contribution is 2.26. The minimum atomic E-state index is -0.826. The predicted octanol–water partition coefficient (Wildman–Crippen LogP) is 0.592. The van der Waals surface area contributed by atoms with Crippen LogP contribution in [0.3, 0.4) is 0 Å². The standard InChI is InChI=1S/C11H7N3O4/c1-5-2-3-7(15)6(4-5)14-9-8(12-13-14)10(16)18-11(9)17/h2-4,15H,1H3. The zero-order valence-electron chi connectivity index (χ0n) is 9.25. The fourth-order valence-electron chi connectivity index (χ4n) is 1.76. The van der Waals surface area contributed by atoms with Gasteiger partial charge in [-0.15, -0.1) is 5.10 Å². The quantitative estimate of drug-likeness (QED) is 0.583. The second-order valence-electron chi connectivity index (χ2n) is 3.87. The van der Waals surface area contributed by atoms with E-state index in [4.69, 9.17) is 0 Å². The highest BCUT2D eigenvalue weighted by molar-refractivity contribution is 6.12. The number of hydrogen-bond acceptors (Lipinski definition) is 6. The monoisotopic (exact) mass is 245 g/mol. The lowest BCUT2D eigenvalue weighted by molar-refractivity contribution is 0.0434. The third-order valence-corrected chi connectivity index (χ3v) is 2.60. The molecular weight excluding hydrogens is 238 g/mol. The van der Waals surface area contributed by atoms with Gasteiger partial charge < -0.3 is 9.84 Å². The molecule has 0 amide bonds. The number of esters is 2. The second-order valence-corrected chi connectivity index (χ2v) is 3.87. The summed E-state index contributed by atoms with van der Waals surface area (Å²) in [7, 11) is 0. The molecule has 18 heavy (non-hydrogen) atoms. The first-order chi connectivity index (χ1) is 8.58. The first-order valence-corrected chi connectivity index (χ1v) is 5.10. The number of aromatic hydroxyl groups is 1. The van der Waals surface area contributed by atoms with Crippen molar-refractivity contribution in [3.8, 4) is 11.4 Å². The van der Waals surface area contributed by atoms with Gasteiger partial charge in [-0.25, -0.2) is 14.3 Å². The molecule has 0 atom stereocenters. The zero-order chi connectivity index (χ0) is 12.9. The van der Waals surface area contributed by atoms with Crippen LogP contribution in [0.2, 0.25) is 0 Å². The van der Waals surface area contributed by atoms with Gasteiger partial charge in [0, 0.05) is 0 Å². The molecule has 0 unspecified atom stereocenters. The minimum Gasteiger partial charge on any atom is -0.506 e. The van der Waals surface area contributed by atoms with Crippen LogP contribution in [0.15, 0.2) is 18.2 Å². The van der Waals surface area contributed by atoms with Gasteiger partial charge in [0.1, 0.15) is 11.4 Å². The molecule has 7 heteroatoms. The first-order valence-electron chi connectivity index (χ1n) is 5.10. The van der Waals surface area contributed by atoms with E-state index in [9.17, 15) is 14.7 Å². The molecule has 2 aromatic rings. The number of hydrogen-bond donors (Lipinski definition) is 1. The number of rotatable bonds is 1. The fraction of sp³-hybridized carbons (Fsp3) is 0.0909. The lowest BCUT2D eigenvalue weighted by Crippen LogP contribution is -2.08. The van der Waals surface area contributed by atoms with Crippen molar-refractivity contribution in [2.75, 3.05) is 0 Å². The molecule has 0 aliphatic carbocycles. The van der Waals surface area contributed by atoms with Crippen LogP contribution in [0.5, 0.6) is 5.75 Å². The Hall–Kier alpha value is -2.70. The predicted molar refractivity (Wildman–Crippen MR) is 57.5 cm³/mol. The van der Waals surface area contributed by atoms with Gasteiger partial charge in [0.2, 0.25) is 5.69 Å². The van der Waals surface area contributed by atoms with Crippen LogP contribution in [0.4, 0.5) is 0 Å². The van der Waals surface area contributed by atoms with Gasteiger partial charge in [-0.2, -0.15) is 0 Å². The Morgan fingerprint density at radius 2 is 2.06 bits per heavy atom. The Morgan fingerprint density at radius 3 is 2.83 bits per heavy atom. The van der Waals surface area contributed by atoms with E-state index in [-0.39, 0.29) is 22.8 Å². The highest BCUT2D eigenvalue weighted by Gasteiger charge is 2.37. The van der Waals surface area contributed by atoms with Crippen LogP contribution >= 0.6 is 0 Å². The van der Waals surface area contributed by atoms with Crippen molar-refractivity contribution >= 4 is 11.9 Å². The van der Waals surface area contributed by atoms with Crippen molar-refractivity contribution in [2.24, 2.45) is 0 Å². The molecule has 7 nitrogen and oxygen atoms in total. The molecule has 1 aliphatic rings. The van der Waals surface area contributed by atoms with Crippen LogP contribution in [0, 0.1) is 6.92 Å². The Bertz CT molecular complexity index is 690. The van der Waals surface area contributed by atoms with E-state index >= 15 is 0 Å². The van der Waals surface area contributed by atoms with Crippen molar-refractivity contribution in [3.63, 3.8) is 0 Å². The van der Waals surface area contributed by atoms with E-state index < -0.39 is 11.9 Å². The van der Waals surface area contributed by atoms with Crippen LogP contribution < -0.4 is 0 Å². The van der Waals surface area contributed by atoms with E-state index in [0.717, 1.165) is 10.2 Å². The number of ether oxygens (including phenoxy) is 1. The molecule has 0 radical (unpaired) electrons. The number of carbonyl (C=O) groups is 2. The molecule has 1 aromatic heterocycles. The van der Waals surface area contributed by atoms with E-state index in [1.165, 1.54) is 6.07 Å². The number of aryl methyl sites for hydroxylation is 1. The summed E-state index contributed by atoms with van der Waals surface area (Å²) >= 11 is 0. The molecule has 3 rings (SSSR count). The maximum atomic E-state index is 11.5. The van der Waals surface area contributed by atoms with Crippen molar-refractivity contribution < 1.29 is 19.4 Å². The molecule has 0 spiro atoms. The molecule has 0 bridgehead atoms. The van der Waals surface area contributed by atoms with Crippen LogP contribution in [-0.4, -0.2) is 32.0 Å². The van der Waals surface area contributed by atoms with Gasteiger partial charge in [-0.3, -0.25) is 0 Å². The molecule has 0 saturated carbocycles. The average Bonchev–Trinajstić information content (AvgIpc) is 2.86. The van der Waals surface area contributed by atoms with Crippen LogP contribution in [-0.2, 0) is 4.74 Å². The third-order valence-electron chi connectivity index (χ3n) is 2.60. The van der Waals surface area contributed by atoms with Crippen LogP contribution in [0.25, 0.3) is 5.69 Å². The molecule has 90 valence electrons. The number of phenolic OH excluding ortho intramolecular Hbond substituents is 1. The van der Waals surface area contributed by atoms with Gasteiger partial charge in [-0.05, 0) is 24.6 Å². The van der Waals surface area contributed by atoms with Crippen molar-refractivity contribution in [3.05, 3.63) is 35.2 Å². The van der Waals surface area contributed by atoms with Gasteiger partial charge >= 0.3 is 11.9 Å². The van der Waals surface area contributed by atoms with E-state index in [1.807, 2.05) is 6.92 Å². The number of carbonyl (C=O) groups excluding carboxylic acids is 2. The van der Waals surface area contributed by atoms with Gasteiger partial charge in [0.15, 0.2) is 5.69 Å². The zero-order valence-corrected chi connectivity index (χ0v) is 9.25. The van der Waals surface area contributed by atoms with E-state index in [0.29, 0.717) is 0 Å². The summed E-state index contributed by atoms with van der Waals surface area (Å²) < 4.78 is 5.52.